The average molecular weight is 242 g/mol. The minimum atomic E-state index is 0.849. The summed E-state index contributed by atoms with van der Waals surface area (Å²) in [6.45, 7) is 9.78. The highest BCUT2D eigenvalue weighted by Gasteiger charge is 2.30. The molecule has 0 saturated carbocycles. The first-order valence-electron chi connectivity index (χ1n) is 6.87. The maximum Gasteiger partial charge on any atom is 0.0219 e. The molecule has 2 unspecified atom stereocenters. The van der Waals surface area contributed by atoms with E-state index >= 15 is 0 Å². The summed E-state index contributed by atoms with van der Waals surface area (Å²) < 4.78 is 0. The molecule has 94 valence electrons. The van der Waals surface area contributed by atoms with Gasteiger partial charge in [-0.2, -0.15) is 11.8 Å². The van der Waals surface area contributed by atoms with E-state index in [1.54, 1.807) is 0 Å². The second-order valence-corrected chi connectivity index (χ2v) is 6.70. The van der Waals surface area contributed by atoms with Gasteiger partial charge in [-0.3, -0.25) is 4.90 Å². The quantitative estimate of drug-likeness (QED) is 0.814. The summed E-state index contributed by atoms with van der Waals surface area (Å²) in [5.41, 5.74) is 0. The molecule has 0 aliphatic carbocycles. The van der Waals surface area contributed by atoms with Crippen LogP contribution in [-0.4, -0.2) is 48.1 Å². The van der Waals surface area contributed by atoms with Crippen LogP contribution in [0.1, 0.15) is 33.1 Å². The van der Waals surface area contributed by atoms with Crippen molar-refractivity contribution in [2.24, 2.45) is 5.92 Å². The third kappa shape index (κ3) is 3.14. The predicted octanol–water partition coefficient (Wildman–Crippen LogP) is 2.20. The van der Waals surface area contributed by atoms with E-state index in [1.165, 1.54) is 51.2 Å². The lowest BCUT2D eigenvalue weighted by molar-refractivity contribution is 0.159. The van der Waals surface area contributed by atoms with Crippen LogP contribution in [-0.2, 0) is 0 Å². The molecule has 2 saturated heterocycles. The van der Waals surface area contributed by atoms with E-state index in [9.17, 15) is 0 Å². The zero-order valence-electron chi connectivity index (χ0n) is 10.7. The summed E-state index contributed by atoms with van der Waals surface area (Å²) in [4.78, 5) is 2.75. The zero-order valence-corrected chi connectivity index (χ0v) is 11.6. The molecule has 2 atom stereocenters. The highest BCUT2D eigenvalue weighted by Crippen LogP contribution is 2.31. The Morgan fingerprint density at radius 3 is 2.56 bits per heavy atom. The first-order valence-corrected chi connectivity index (χ1v) is 7.92. The van der Waals surface area contributed by atoms with E-state index in [2.05, 4.69) is 35.8 Å². The molecule has 3 heteroatoms. The van der Waals surface area contributed by atoms with Gasteiger partial charge in [0.15, 0.2) is 0 Å². The fourth-order valence-electron chi connectivity index (χ4n) is 3.09. The Morgan fingerprint density at radius 1 is 1.25 bits per heavy atom. The fraction of sp³-hybridized carbons (Fsp3) is 1.00. The molecule has 1 N–H and O–H groups in total. The minimum absolute atomic E-state index is 0.849. The summed E-state index contributed by atoms with van der Waals surface area (Å²) in [5, 5.41) is 4.31. The molecular formula is C13H26N2S. The van der Waals surface area contributed by atoms with Gasteiger partial charge >= 0.3 is 0 Å². The van der Waals surface area contributed by atoms with E-state index in [0.717, 1.165) is 17.2 Å². The second kappa shape index (κ2) is 6.27. The highest BCUT2D eigenvalue weighted by molar-refractivity contribution is 8.00. The standard InChI is InChI=1S/C13H26N2S/c1-3-15(13-6-9-16-11(13)2)10-12-4-7-14-8-5-12/h11-14H,3-10H2,1-2H3. The summed E-state index contributed by atoms with van der Waals surface area (Å²) in [5.74, 6) is 2.31. The van der Waals surface area contributed by atoms with Crippen LogP contribution in [0.15, 0.2) is 0 Å². The number of rotatable bonds is 4. The molecule has 0 aromatic carbocycles. The molecule has 0 bridgehead atoms. The molecule has 2 heterocycles. The molecule has 2 nitrogen and oxygen atoms in total. The van der Waals surface area contributed by atoms with Crippen molar-refractivity contribution in [3.63, 3.8) is 0 Å². The van der Waals surface area contributed by atoms with Crippen molar-refractivity contribution in [3.8, 4) is 0 Å². The van der Waals surface area contributed by atoms with Crippen LogP contribution in [0.25, 0.3) is 0 Å². The van der Waals surface area contributed by atoms with Gasteiger partial charge in [0.2, 0.25) is 0 Å². The van der Waals surface area contributed by atoms with Crippen LogP contribution in [0.2, 0.25) is 0 Å². The van der Waals surface area contributed by atoms with Crippen molar-refractivity contribution in [3.05, 3.63) is 0 Å². The maximum atomic E-state index is 3.46. The largest absolute Gasteiger partial charge is 0.317 e. The highest BCUT2D eigenvalue weighted by atomic mass is 32.2. The van der Waals surface area contributed by atoms with Crippen molar-refractivity contribution in [2.45, 2.75) is 44.4 Å². The van der Waals surface area contributed by atoms with Gasteiger partial charge in [-0.1, -0.05) is 13.8 Å². The van der Waals surface area contributed by atoms with Gasteiger partial charge in [-0.05, 0) is 50.6 Å². The Hall–Kier alpha value is 0.270. The van der Waals surface area contributed by atoms with Crippen LogP contribution in [0.3, 0.4) is 0 Å². The third-order valence-corrected chi connectivity index (χ3v) is 5.47. The first kappa shape index (κ1) is 12.7. The Bertz CT molecular complexity index is 204. The van der Waals surface area contributed by atoms with Crippen LogP contribution >= 0.6 is 11.8 Å². The van der Waals surface area contributed by atoms with E-state index in [1.807, 2.05) is 0 Å². The number of piperidine rings is 1. The lowest BCUT2D eigenvalue weighted by atomic mass is 9.96. The fourth-order valence-corrected chi connectivity index (χ4v) is 4.37. The molecule has 0 spiro atoms. The van der Waals surface area contributed by atoms with Crippen LogP contribution < -0.4 is 5.32 Å². The Balaban J connectivity index is 1.84. The van der Waals surface area contributed by atoms with Crippen LogP contribution in [0.4, 0.5) is 0 Å². The van der Waals surface area contributed by atoms with Crippen molar-refractivity contribution in [1.29, 1.82) is 0 Å². The molecule has 2 aliphatic rings. The van der Waals surface area contributed by atoms with Gasteiger partial charge < -0.3 is 5.32 Å². The number of hydrogen-bond donors (Lipinski definition) is 1. The van der Waals surface area contributed by atoms with Gasteiger partial charge in [0.05, 0.1) is 0 Å². The first-order chi connectivity index (χ1) is 7.81. The van der Waals surface area contributed by atoms with Gasteiger partial charge in [0.25, 0.3) is 0 Å². The van der Waals surface area contributed by atoms with E-state index in [-0.39, 0.29) is 0 Å². The summed E-state index contributed by atoms with van der Waals surface area (Å²) in [6.07, 6.45) is 4.17. The molecule has 0 radical (unpaired) electrons. The van der Waals surface area contributed by atoms with Crippen molar-refractivity contribution < 1.29 is 0 Å². The van der Waals surface area contributed by atoms with Crippen molar-refractivity contribution in [1.82, 2.24) is 10.2 Å². The maximum absolute atomic E-state index is 3.46. The minimum Gasteiger partial charge on any atom is -0.317 e. The normalized spacial score (nSPS) is 32.4. The predicted molar refractivity (Wildman–Crippen MR) is 73.2 cm³/mol. The molecule has 2 fully saturated rings. The average Bonchev–Trinajstić information content (AvgIpc) is 2.74. The lowest BCUT2D eigenvalue weighted by Gasteiger charge is -2.34. The molecule has 2 rings (SSSR count). The molecule has 0 amide bonds. The number of thioether (sulfide) groups is 1. The lowest BCUT2D eigenvalue weighted by Crippen LogP contribution is -2.43. The number of hydrogen-bond acceptors (Lipinski definition) is 3. The Labute approximate surface area is 105 Å². The van der Waals surface area contributed by atoms with Crippen LogP contribution in [0.5, 0.6) is 0 Å². The number of nitrogens with zero attached hydrogens (tertiary/aromatic N) is 1. The summed E-state index contributed by atoms with van der Waals surface area (Å²) in [6, 6.07) is 0.852. The van der Waals surface area contributed by atoms with E-state index < -0.39 is 0 Å². The third-order valence-electron chi connectivity index (χ3n) is 4.16. The van der Waals surface area contributed by atoms with Gasteiger partial charge in [-0.25, -0.2) is 0 Å². The van der Waals surface area contributed by atoms with Crippen molar-refractivity contribution in [2.75, 3.05) is 31.9 Å². The van der Waals surface area contributed by atoms with Crippen LogP contribution in [0, 0.1) is 5.92 Å². The Morgan fingerprint density at radius 2 is 2.00 bits per heavy atom. The van der Waals surface area contributed by atoms with Gasteiger partial charge in [0, 0.05) is 17.8 Å². The smallest absolute Gasteiger partial charge is 0.0219 e. The van der Waals surface area contributed by atoms with E-state index in [4.69, 9.17) is 0 Å². The molecule has 0 aromatic rings. The topological polar surface area (TPSA) is 15.3 Å². The molecule has 2 aliphatic heterocycles. The van der Waals surface area contributed by atoms with Gasteiger partial charge in [-0.15, -0.1) is 0 Å². The Kier molecular flexibility index (Phi) is 4.98. The van der Waals surface area contributed by atoms with Crippen molar-refractivity contribution >= 4 is 11.8 Å². The molecule has 16 heavy (non-hydrogen) atoms. The monoisotopic (exact) mass is 242 g/mol. The second-order valence-electron chi connectivity index (χ2n) is 5.21. The molecule has 0 aromatic heterocycles. The molecular weight excluding hydrogens is 216 g/mol. The number of nitrogens with one attached hydrogen (secondary N) is 1. The zero-order chi connectivity index (χ0) is 11.4. The van der Waals surface area contributed by atoms with E-state index in [0.29, 0.717) is 0 Å². The summed E-state index contributed by atoms with van der Waals surface area (Å²) in [7, 11) is 0. The SMILES string of the molecule is CCN(CC1CCNCC1)C1CCSC1C. The summed E-state index contributed by atoms with van der Waals surface area (Å²) >= 11 is 2.16. The van der Waals surface area contributed by atoms with Gasteiger partial charge in [0.1, 0.15) is 0 Å².